The largest absolute Gasteiger partial charge is 0.497 e. The van der Waals surface area contributed by atoms with Crippen LogP contribution in [0.5, 0.6) is 11.5 Å². The molecule has 1 aromatic heterocycles. The van der Waals surface area contributed by atoms with E-state index >= 15 is 0 Å². The zero-order valence-electron chi connectivity index (χ0n) is 15.7. The van der Waals surface area contributed by atoms with E-state index in [-0.39, 0.29) is 5.91 Å². The van der Waals surface area contributed by atoms with Crippen molar-refractivity contribution in [2.24, 2.45) is 0 Å². The molecule has 0 aliphatic rings. The van der Waals surface area contributed by atoms with Gasteiger partial charge in [0.1, 0.15) is 11.5 Å². The van der Waals surface area contributed by atoms with Crippen LogP contribution in [0.15, 0.2) is 46.3 Å². The van der Waals surface area contributed by atoms with Gasteiger partial charge in [-0.2, -0.15) is 11.8 Å². The summed E-state index contributed by atoms with van der Waals surface area (Å²) in [5, 5.41) is 5.69. The van der Waals surface area contributed by atoms with Crippen LogP contribution in [-0.2, 0) is 11.5 Å². The van der Waals surface area contributed by atoms with E-state index in [4.69, 9.17) is 21.1 Å². The molecule has 0 atom stereocenters. The number of amides is 1. The van der Waals surface area contributed by atoms with Crippen molar-refractivity contribution in [3.05, 3.63) is 68.1 Å². The number of thiazole rings is 1. The molecule has 0 saturated heterocycles. The molecule has 2 aromatic carbocycles. The van der Waals surface area contributed by atoms with Crippen LogP contribution in [0.1, 0.15) is 21.6 Å². The molecule has 0 unspecified atom stereocenters. The van der Waals surface area contributed by atoms with Crippen molar-refractivity contribution >= 4 is 61.7 Å². The molecule has 1 N–H and O–H groups in total. The molecule has 1 amide bonds. The van der Waals surface area contributed by atoms with Gasteiger partial charge < -0.3 is 9.47 Å². The van der Waals surface area contributed by atoms with Crippen molar-refractivity contribution in [3.8, 4) is 11.5 Å². The average molecular weight is 514 g/mol. The van der Waals surface area contributed by atoms with Gasteiger partial charge in [0.2, 0.25) is 0 Å². The van der Waals surface area contributed by atoms with Crippen LogP contribution in [0.25, 0.3) is 0 Å². The minimum absolute atomic E-state index is 0.284. The first-order chi connectivity index (χ1) is 14.0. The third kappa shape index (κ3) is 6.12. The molecule has 3 rings (SSSR count). The van der Waals surface area contributed by atoms with Gasteiger partial charge >= 0.3 is 0 Å². The number of rotatable bonds is 8. The van der Waals surface area contributed by atoms with E-state index in [0.717, 1.165) is 38.7 Å². The summed E-state index contributed by atoms with van der Waals surface area (Å²) in [6, 6.07) is 11.0. The van der Waals surface area contributed by atoms with Crippen LogP contribution in [-0.4, -0.2) is 25.1 Å². The zero-order valence-corrected chi connectivity index (χ0v) is 19.7. The third-order valence-corrected chi connectivity index (χ3v) is 6.54. The fourth-order valence-corrected chi connectivity index (χ4v) is 4.73. The minimum atomic E-state index is -0.284. The number of ether oxygens (including phenoxy) is 2. The van der Waals surface area contributed by atoms with Crippen molar-refractivity contribution in [2.75, 3.05) is 19.5 Å². The number of hydrogen-bond acceptors (Lipinski definition) is 6. The summed E-state index contributed by atoms with van der Waals surface area (Å²) >= 11 is 12.6. The van der Waals surface area contributed by atoms with Gasteiger partial charge in [0.25, 0.3) is 5.91 Å². The number of nitrogens with zero attached hydrogens (tertiary/aromatic N) is 1. The molecule has 9 heteroatoms. The predicted molar refractivity (Wildman–Crippen MR) is 124 cm³/mol. The van der Waals surface area contributed by atoms with Gasteiger partial charge in [0.15, 0.2) is 5.13 Å². The highest BCUT2D eigenvalue weighted by molar-refractivity contribution is 9.10. The van der Waals surface area contributed by atoms with Crippen molar-refractivity contribution < 1.29 is 14.3 Å². The zero-order chi connectivity index (χ0) is 20.8. The molecular weight excluding hydrogens is 496 g/mol. The normalized spacial score (nSPS) is 10.6. The number of aromatic nitrogens is 1. The number of carbonyl (C=O) groups excluding carboxylic acids is 1. The van der Waals surface area contributed by atoms with Gasteiger partial charge in [0, 0.05) is 27.4 Å². The van der Waals surface area contributed by atoms with E-state index in [9.17, 15) is 4.79 Å². The lowest BCUT2D eigenvalue weighted by Gasteiger charge is -2.08. The highest BCUT2D eigenvalue weighted by Crippen LogP contribution is 2.28. The van der Waals surface area contributed by atoms with Crippen LogP contribution in [0, 0.1) is 0 Å². The molecule has 5 nitrogen and oxygen atoms in total. The molecule has 0 saturated carbocycles. The van der Waals surface area contributed by atoms with Crippen molar-refractivity contribution in [3.63, 3.8) is 0 Å². The fraction of sp³-hybridized carbons (Fsp3) is 0.200. The molecule has 0 radical (unpaired) electrons. The van der Waals surface area contributed by atoms with Crippen LogP contribution in [0.4, 0.5) is 5.13 Å². The number of hydrogen-bond donors (Lipinski definition) is 1. The van der Waals surface area contributed by atoms with E-state index in [1.54, 1.807) is 44.2 Å². The highest BCUT2D eigenvalue weighted by Gasteiger charge is 2.13. The fourth-order valence-electron chi connectivity index (χ4n) is 2.49. The standard InChI is InChI=1S/C20H18BrClN2O3S2/c1-26-15-5-12(6-16(8-15)27-2)9-28-10-14-11-29-20(23-14)24-19(25)17-7-13(21)3-4-18(17)22/h3-8,11H,9-10H2,1-2H3,(H,23,24,25). The molecule has 0 spiro atoms. The van der Waals surface area contributed by atoms with Crippen molar-refractivity contribution in [1.82, 2.24) is 4.98 Å². The molecule has 0 aliphatic heterocycles. The maximum absolute atomic E-state index is 12.4. The van der Waals surface area contributed by atoms with Crippen molar-refractivity contribution in [1.29, 1.82) is 0 Å². The summed E-state index contributed by atoms with van der Waals surface area (Å²) in [5.74, 6) is 2.77. The Bertz CT molecular complexity index is 991. The Morgan fingerprint density at radius 1 is 1.17 bits per heavy atom. The van der Waals surface area contributed by atoms with Gasteiger partial charge in [-0.15, -0.1) is 11.3 Å². The minimum Gasteiger partial charge on any atom is -0.497 e. The second kappa shape index (κ2) is 10.3. The van der Waals surface area contributed by atoms with Gasteiger partial charge in [0.05, 0.1) is 30.5 Å². The molecule has 0 fully saturated rings. The summed E-state index contributed by atoms with van der Waals surface area (Å²) in [6.45, 7) is 0. The number of anilines is 1. The van der Waals surface area contributed by atoms with Crippen LogP contribution in [0.3, 0.4) is 0 Å². The summed E-state index contributed by atoms with van der Waals surface area (Å²) in [7, 11) is 3.27. The van der Waals surface area contributed by atoms with E-state index < -0.39 is 0 Å². The lowest BCUT2D eigenvalue weighted by atomic mass is 10.2. The van der Waals surface area contributed by atoms with Gasteiger partial charge in [-0.25, -0.2) is 4.98 Å². The summed E-state index contributed by atoms with van der Waals surface area (Å²) in [6.07, 6.45) is 0. The molecule has 3 aromatic rings. The number of carbonyl (C=O) groups is 1. The average Bonchev–Trinajstić information content (AvgIpc) is 3.16. The quantitative estimate of drug-likeness (QED) is 0.385. The van der Waals surface area contributed by atoms with Crippen LogP contribution >= 0.6 is 50.6 Å². The van der Waals surface area contributed by atoms with Gasteiger partial charge in [-0.1, -0.05) is 27.5 Å². The number of benzene rings is 2. The number of methoxy groups -OCH3 is 2. The molecule has 152 valence electrons. The topological polar surface area (TPSA) is 60.5 Å². The number of thioether (sulfide) groups is 1. The SMILES string of the molecule is COc1cc(CSCc2csc(NC(=O)c3cc(Br)ccc3Cl)n2)cc(OC)c1. The lowest BCUT2D eigenvalue weighted by molar-refractivity contribution is 0.102. The number of halogens is 2. The van der Waals surface area contributed by atoms with E-state index in [0.29, 0.717) is 15.7 Å². The summed E-state index contributed by atoms with van der Waals surface area (Å²) < 4.78 is 11.4. The first-order valence-electron chi connectivity index (χ1n) is 8.49. The van der Waals surface area contributed by atoms with Gasteiger partial charge in [-0.3, -0.25) is 10.1 Å². The third-order valence-electron chi connectivity index (χ3n) is 3.88. The first kappa shape index (κ1) is 22.0. The van der Waals surface area contributed by atoms with Crippen LogP contribution < -0.4 is 14.8 Å². The van der Waals surface area contributed by atoms with E-state index in [2.05, 4.69) is 26.2 Å². The predicted octanol–water partition coefficient (Wildman–Crippen LogP) is 6.26. The molecule has 1 heterocycles. The Labute approximate surface area is 190 Å². The first-order valence-corrected chi connectivity index (χ1v) is 11.7. The molecular formula is C20H18BrClN2O3S2. The van der Waals surface area contributed by atoms with E-state index in [1.165, 1.54) is 11.3 Å². The molecule has 0 bridgehead atoms. The van der Waals surface area contributed by atoms with E-state index in [1.807, 2.05) is 23.6 Å². The maximum atomic E-state index is 12.4. The van der Waals surface area contributed by atoms with Gasteiger partial charge in [-0.05, 0) is 35.9 Å². The summed E-state index contributed by atoms with van der Waals surface area (Å²) in [5.41, 5.74) is 2.42. The number of nitrogens with one attached hydrogen (secondary N) is 1. The monoisotopic (exact) mass is 512 g/mol. The highest BCUT2D eigenvalue weighted by atomic mass is 79.9. The Balaban J connectivity index is 1.57. The Morgan fingerprint density at radius 3 is 2.59 bits per heavy atom. The second-order valence-corrected chi connectivity index (χ2v) is 9.10. The lowest BCUT2D eigenvalue weighted by Crippen LogP contribution is -2.12. The molecule has 29 heavy (non-hydrogen) atoms. The smallest absolute Gasteiger partial charge is 0.258 e. The molecule has 0 aliphatic carbocycles. The Morgan fingerprint density at radius 2 is 1.90 bits per heavy atom. The maximum Gasteiger partial charge on any atom is 0.258 e. The Hall–Kier alpha value is -1.74. The summed E-state index contributed by atoms with van der Waals surface area (Å²) in [4.78, 5) is 16.9. The van der Waals surface area contributed by atoms with Crippen molar-refractivity contribution in [2.45, 2.75) is 11.5 Å². The Kier molecular flexibility index (Phi) is 7.83. The van der Waals surface area contributed by atoms with Crippen LogP contribution in [0.2, 0.25) is 5.02 Å². The second-order valence-electron chi connectivity index (χ2n) is 5.94.